The number of carbonyl (C=O) groups excluding carboxylic acids is 1. The summed E-state index contributed by atoms with van der Waals surface area (Å²) >= 11 is 1.50. The van der Waals surface area contributed by atoms with Gasteiger partial charge >= 0.3 is 6.03 Å². The average molecular weight is 776 g/mol. The van der Waals surface area contributed by atoms with Crippen LogP contribution >= 0.6 is 11.8 Å². The van der Waals surface area contributed by atoms with Gasteiger partial charge in [0.1, 0.15) is 17.2 Å². The Morgan fingerprint density at radius 1 is 0.702 bits per heavy atom. The van der Waals surface area contributed by atoms with Crippen LogP contribution in [0.15, 0.2) is 173 Å². The average Bonchev–Trinajstić information content (AvgIpc) is 3.69. The third-order valence-corrected chi connectivity index (χ3v) is 10.6. The number of aliphatic hydroxyl groups is 1. The van der Waals surface area contributed by atoms with Crippen molar-refractivity contribution in [3.63, 3.8) is 0 Å². The van der Waals surface area contributed by atoms with Crippen molar-refractivity contribution in [2.45, 2.75) is 37.3 Å². The van der Waals surface area contributed by atoms with E-state index >= 15 is 0 Å². The Kier molecular flexibility index (Phi) is 11.7. The van der Waals surface area contributed by atoms with Gasteiger partial charge in [-0.05, 0) is 59.7 Å². The molecule has 1 aromatic heterocycles. The Morgan fingerprint density at radius 3 is 2.05 bits per heavy atom. The van der Waals surface area contributed by atoms with Crippen LogP contribution in [0.25, 0.3) is 22.6 Å². The van der Waals surface area contributed by atoms with Crippen molar-refractivity contribution < 1.29 is 28.5 Å². The van der Waals surface area contributed by atoms with Gasteiger partial charge in [-0.25, -0.2) is 9.78 Å². The number of benzene rings is 6. The second kappa shape index (κ2) is 17.7. The van der Waals surface area contributed by atoms with Crippen molar-refractivity contribution in [1.82, 2.24) is 4.98 Å². The number of hydrogen-bond donors (Lipinski definition) is 3. The number of aliphatic hydroxyl groups excluding tert-OH is 1. The van der Waals surface area contributed by atoms with E-state index in [2.05, 4.69) is 17.6 Å². The molecule has 9 nitrogen and oxygen atoms in total. The molecule has 1 aliphatic rings. The maximum atomic E-state index is 13.1. The zero-order chi connectivity index (χ0) is 39.0. The fourth-order valence-electron chi connectivity index (χ4n) is 6.69. The highest BCUT2D eigenvalue weighted by atomic mass is 32.2. The van der Waals surface area contributed by atoms with E-state index in [1.54, 1.807) is 24.3 Å². The number of oxazole rings is 1. The van der Waals surface area contributed by atoms with E-state index in [-0.39, 0.29) is 24.7 Å². The van der Waals surface area contributed by atoms with E-state index in [0.29, 0.717) is 33.9 Å². The van der Waals surface area contributed by atoms with E-state index in [9.17, 15) is 9.90 Å². The lowest BCUT2D eigenvalue weighted by atomic mass is 9.91. The molecule has 1 fully saturated rings. The minimum Gasteiger partial charge on any atom is -0.457 e. The number of carbonyl (C=O) groups is 1. The van der Waals surface area contributed by atoms with Crippen molar-refractivity contribution in [2.75, 3.05) is 16.4 Å². The molecule has 2 heterocycles. The molecule has 286 valence electrons. The number of aromatic nitrogens is 1. The van der Waals surface area contributed by atoms with E-state index in [0.717, 1.165) is 39.3 Å². The molecule has 57 heavy (non-hydrogen) atoms. The molecule has 1 aliphatic heterocycles. The fourth-order valence-corrected chi connectivity index (χ4v) is 7.68. The maximum absolute atomic E-state index is 13.1. The van der Waals surface area contributed by atoms with Crippen LogP contribution in [0, 0.1) is 5.92 Å². The van der Waals surface area contributed by atoms with Crippen LogP contribution < -0.4 is 15.4 Å². The molecule has 6 aromatic carbocycles. The molecule has 0 saturated carbocycles. The minimum atomic E-state index is -0.736. The summed E-state index contributed by atoms with van der Waals surface area (Å²) in [5.41, 5.74) is 6.46. The van der Waals surface area contributed by atoms with E-state index in [1.807, 2.05) is 140 Å². The molecule has 8 rings (SSSR count). The number of amides is 2. The standard InChI is InChI=1S/C47H41N3O6S/c1-31-41(30-57-47-50-42(33-12-5-2-6-13-33)44(56-47)34-14-7-3-8-15-34)54-45(55-43(31)35-22-20-32(29-51)21-23-35)36-16-11-17-38(28-36)49-46(52)48-37-24-26-40(27-25-37)53-39-18-9-4-10-19-39/h2-28,31,41,43,45,51H,29-30H2,1H3,(H2,48,49,52)/t31-,41+,43+,45+/m1/s1. The summed E-state index contributed by atoms with van der Waals surface area (Å²) in [5.74, 6) is 2.60. The predicted octanol–water partition coefficient (Wildman–Crippen LogP) is 11.5. The van der Waals surface area contributed by atoms with Gasteiger partial charge in [-0.3, -0.25) is 0 Å². The summed E-state index contributed by atoms with van der Waals surface area (Å²) in [4.78, 5) is 18.1. The zero-order valence-electron chi connectivity index (χ0n) is 31.2. The number of rotatable bonds is 12. The SMILES string of the molecule is C[C@@H]1[C@H](CSc2nc(-c3ccccc3)c(-c3ccccc3)o2)O[C@H](c2cccc(NC(=O)Nc3ccc(Oc4ccccc4)cc3)c2)O[C@@H]1c1ccc(CO)cc1. The second-order valence-corrected chi connectivity index (χ2v) is 14.6. The van der Waals surface area contributed by atoms with Gasteiger partial charge in [-0.15, -0.1) is 0 Å². The maximum Gasteiger partial charge on any atom is 0.323 e. The van der Waals surface area contributed by atoms with Crippen molar-refractivity contribution in [1.29, 1.82) is 0 Å². The number of urea groups is 1. The second-order valence-electron chi connectivity index (χ2n) is 13.7. The Bertz CT molecular complexity index is 2320. The first-order valence-electron chi connectivity index (χ1n) is 18.7. The normalized spacial score (nSPS) is 17.8. The quantitative estimate of drug-likeness (QED) is 0.105. The lowest BCUT2D eigenvalue weighted by Gasteiger charge is -2.41. The molecule has 0 bridgehead atoms. The van der Waals surface area contributed by atoms with Gasteiger partial charge in [0.25, 0.3) is 5.22 Å². The molecule has 4 atom stereocenters. The van der Waals surface area contributed by atoms with Gasteiger partial charge in [-0.1, -0.05) is 134 Å². The Morgan fingerprint density at radius 2 is 1.35 bits per heavy atom. The van der Waals surface area contributed by atoms with Crippen molar-refractivity contribution in [3.05, 3.63) is 180 Å². The van der Waals surface area contributed by atoms with E-state index in [4.69, 9.17) is 23.6 Å². The summed E-state index contributed by atoms with van der Waals surface area (Å²) < 4.78 is 25.7. The number of ether oxygens (including phenoxy) is 3. The van der Waals surface area contributed by atoms with Gasteiger partial charge in [0, 0.05) is 39.7 Å². The highest BCUT2D eigenvalue weighted by Crippen LogP contribution is 2.44. The number of thioether (sulfide) groups is 1. The van der Waals surface area contributed by atoms with E-state index in [1.165, 1.54) is 11.8 Å². The van der Waals surface area contributed by atoms with Gasteiger partial charge in [0.05, 0.1) is 18.8 Å². The molecule has 3 N–H and O–H groups in total. The van der Waals surface area contributed by atoms with Gasteiger partial charge in [-0.2, -0.15) is 0 Å². The molecule has 0 unspecified atom stereocenters. The van der Waals surface area contributed by atoms with Crippen LogP contribution in [0.5, 0.6) is 11.5 Å². The molecular weight excluding hydrogens is 735 g/mol. The third kappa shape index (κ3) is 9.28. The molecule has 0 aliphatic carbocycles. The summed E-state index contributed by atoms with van der Waals surface area (Å²) in [6.45, 7) is 2.08. The monoisotopic (exact) mass is 775 g/mol. The summed E-state index contributed by atoms with van der Waals surface area (Å²) in [6, 6.07) is 51.6. The first-order chi connectivity index (χ1) is 28.0. The molecule has 1 saturated heterocycles. The van der Waals surface area contributed by atoms with Crippen LogP contribution in [0.1, 0.15) is 36.0 Å². The number of nitrogens with zero attached hydrogens (tertiary/aromatic N) is 1. The Hall–Kier alpha value is -6.17. The molecule has 10 heteroatoms. The number of hydrogen-bond acceptors (Lipinski definition) is 8. The Balaban J connectivity index is 0.991. The van der Waals surface area contributed by atoms with Crippen LogP contribution in [-0.2, 0) is 16.1 Å². The van der Waals surface area contributed by atoms with Crippen molar-refractivity contribution in [2.24, 2.45) is 5.92 Å². The number of anilines is 2. The fraction of sp³-hybridized carbons (Fsp3) is 0.149. The summed E-state index contributed by atoms with van der Waals surface area (Å²) in [6.07, 6.45) is -1.32. The van der Waals surface area contributed by atoms with E-state index < -0.39 is 12.3 Å². The van der Waals surface area contributed by atoms with Gasteiger partial charge < -0.3 is 34.4 Å². The highest BCUT2D eigenvalue weighted by Gasteiger charge is 2.39. The summed E-state index contributed by atoms with van der Waals surface area (Å²) in [5, 5.41) is 16.1. The number of nitrogens with one attached hydrogen (secondary N) is 2. The molecule has 7 aromatic rings. The molecule has 0 spiro atoms. The molecule has 2 amide bonds. The van der Waals surface area contributed by atoms with Crippen molar-refractivity contribution in [3.8, 4) is 34.1 Å². The van der Waals surface area contributed by atoms with Crippen LogP contribution in [-0.4, -0.2) is 28.0 Å². The van der Waals surface area contributed by atoms with Gasteiger partial charge in [0.15, 0.2) is 12.1 Å². The lowest BCUT2D eigenvalue weighted by molar-refractivity contribution is -0.268. The van der Waals surface area contributed by atoms with Gasteiger partial charge in [0.2, 0.25) is 0 Å². The Labute approximate surface area is 335 Å². The smallest absolute Gasteiger partial charge is 0.323 e. The highest BCUT2D eigenvalue weighted by molar-refractivity contribution is 7.99. The first kappa shape index (κ1) is 37.7. The molecule has 0 radical (unpaired) electrons. The lowest BCUT2D eigenvalue weighted by Crippen LogP contribution is -2.38. The first-order valence-corrected chi connectivity index (χ1v) is 19.7. The number of para-hydroxylation sites is 1. The third-order valence-electron chi connectivity index (χ3n) is 9.69. The van der Waals surface area contributed by atoms with Crippen molar-refractivity contribution >= 4 is 29.2 Å². The van der Waals surface area contributed by atoms with Crippen LogP contribution in [0.3, 0.4) is 0 Å². The largest absolute Gasteiger partial charge is 0.457 e. The molecular formula is C47H41N3O6S. The van der Waals surface area contributed by atoms with Crippen LogP contribution in [0.4, 0.5) is 16.2 Å². The van der Waals surface area contributed by atoms with Crippen LogP contribution in [0.2, 0.25) is 0 Å². The predicted molar refractivity (Wildman–Crippen MR) is 223 cm³/mol. The summed E-state index contributed by atoms with van der Waals surface area (Å²) in [7, 11) is 0. The topological polar surface area (TPSA) is 115 Å². The zero-order valence-corrected chi connectivity index (χ0v) is 32.0. The minimum absolute atomic E-state index is 0.0419.